The summed E-state index contributed by atoms with van der Waals surface area (Å²) in [6.45, 7) is 3.53. The van der Waals surface area contributed by atoms with Crippen molar-refractivity contribution in [1.29, 1.82) is 0 Å². The molecule has 1 aromatic heterocycles. The van der Waals surface area contributed by atoms with E-state index in [1.54, 1.807) is 11.3 Å². The van der Waals surface area contributed by atoms with Crippen LogP contribution in [0.4, 0.5) is 0 Å². The van der Waals surface area contributed by atoms with E-state index >= 15 is 0 Å². The zero-order valence-electron chi connectivity index (χ0n) is 14.7. The summed E-state index contributed by atoms with van der Waals surface area (Å²) < 4.78 is 0. The number of rotatable bonds is 4. The van der Waals surface area contributed by atoms with Gasteiger partial charge in [-0.25, -0.2) is 4.98 Å². The van der Waals surface area contributed by atoms with Gasteiger partial charge in [0.1, 0.15) is 4.88 Å². The number of aryl methyl sites for hydroxylation is 1. The zero-order valence-corrected chi connectivity index (χ0v) is 15.5. The standard InChI is InChI=1S/C20H25N3OS/c1-13-18(25-20(23-13)15-7-2-3-8-15)19(24)22-12-17-16-9-5-4-6-14(16)10-11-21-17/h4-6,9,15,17,21H,2-3,7-8,10-12H2,1H3,(H,22,24). The number of fused-ring (bicyclic) bond motifs is 1. The highest BCUT2D eigenvalue weighted by molar-refractivity contribution is 7.13. The molecule has 0 spiro atoms. The number of amides is 1. The average molecular weight is 356 g/mol. The van der Waals surface area contributed by atoms with Crippen molar-refractivity contribution in [1.82, 2.24) is 15.6 Å². The number of carbonyl (C=O) groups excluding carboxylic acids is 1. The summed E-state index contributed by atoms with van der Waals surface area (Å²) in [7, 11) is 0. The molecule has 25 heavy (non-hydrogen) atoms. The molecule has 1 aliphatic carbocycles. The number of hydrogen-bond donors (Lipinski definition) is 2. The lowest BCUT2D eigenvalue weighted by molar-refractivity contribution is 0.0952. The van der Waals surface area contributed by atoms with Gasteiger partial charge in [-0.3, -0.25) is 4.79 Å². The number of carbonyl (C=O) groups is 1. The third kappa shape index (κ3) is 3.48. The third-order valence-corrected chi connectivity index (χ3v) is 6.72. The van der Waals surface area contributed by atoms with Crippen molar-refractivity contribution in [2.75, 3.05) is 13.1 Å². The molecule has 0 saturated heterocycles. The molecule has 2 aromatic rings. The summed E-state index contributed by atoms with van der Waals surface area (Å²) in [5.74, 6) is 0.584. The topological polar surface area (TPSA) is 54.0 Å². The smallest absolute Gasteiger partial charge is 0.263 e. The van der Waals surface area contributed by atoms with Crippen LogP contribution in [0.15, 0.2) is 24.3 Å². The van der Waals surface area contributed by atoms with E-state index in [0.717, 1.165) is 28.5 Å². The summed E-state index contributed by atoms with van der Waals surface area (Å²) in [6, 6.07) is 8.70. The van der Waals surface area contributed by atoms with E-state index in [4.69, 9.17) is 0 Å². The molecule has 1 amide bonds. The van der Waals surface area contributed by atoms with Crippen LogP contribution in [0.3, 0.4) is 0 Å². The van der Waals surface area contributed by atoms with E-state index in [-0.39, 0.29) is 11.9 Å². The molecule has 2 N–H and O–H groups in total. The van der Waals surface area contributed by atoms with Gasteiger partial charge >= 0.3 is 0 Å². The maximum absolute atomic E-state index is 12.7. The molecular weight excluding hydrogens is 330 g/mol. The summed E-state index contributed by atoms with van der Waals surface area (Å²) in [6.07, 6.45) is 6.07. The normalized spacial score (nSPS) is 20.4. The molecule has 1 aromatic carbocycles. The number of benzene rings is 1. The van der Waals surface area contributed by atoms with Crippen molar-refractivity contribution >= 4 is 17.2 Å². The fourth-order valence-corrected chi connectivity index (χ4v) is 5.18. The maximum atomic E-state index is 12.7. The molecule has 0 bridgehead atoms. The van der Waals surface area contributed by atoms with Gasteiger partial charge in [-0.2, -0.15) is 0 Å². The Bertz CT molecular complexity index is 764. The fourth-order valence-electron chi connectivity index (χ4n) is 4.03. The molecule has 2 heterocycles. The second-order valence-electron chi connectivity index (χ2n) is 7.11. The van der Waals surface area contributed by atoms with E-state index < -0.39 is 0 Å². The number of nitrogens with one attached hydrogen (secondary N) is 2. The largest absolute Gasteiger partial charge is 0.349 e. The number of aromatic nitrogens is 1. The number of hydrogen-bond acceptors (Lipinski definition) is 4. The Labute approximate surface area is 153 Å². The highest BCUT2D eigenvalue weighted by Gasteiger charge is 2.25. The first kappa shape index (κ1) is 16.7. The van der Waals surface area contributed by atoms with Gasteiger partial charge in [-0.1, -0.05) is 37.1 Å². The molecule has 2 aliphatic rings. The van der Waals surface area contributed by atoms with Gasteiger partial charge in [0.15, 0.2) is 0 Å². The third-order valence-electron chi connectivity index (χ3n) is 5.41. The average Bonchev–Trinajstić information content (AvgIpc) is 3.29. The number of nitrogens with zero attached hydrogens (tertiary/aromatic N) is 1. The lowest BCUT2D eigenvalue weighted by Crippen LogP contribution is -2.38. The first-order chi connectivity index (χ1) is 12.2. The van der Waals surface area contributed by atoms with Crippen LogP contribution >= 0.6 is 11.3 Å². The summed E-state index contributed by atoms with van der Waals surface area (Å²) in [5.41, 5.74) is 3.57. The molecular formula is C20H25N3OS. The van der Waals surface area contributed by atoms with Crippen molar-refractivity contribution in [3.05, 3.63) is 51.0 Å². The van der Waals surface area contributed by atoms with Gasteiger partial charge < -0.3 is 10.6 Å². The minimum absolute atomic E-state index is 0.0177. The van der Waals surface area contributed by atoms with Crippen LogP contribution in [0, 0.1) is 6.92 Å². The first-order valence-electron chi connectivity index (χ1n) is 9.29. The lowest BCUT2D eigenvalue weighted by Gasteiger charge is -2.27. The maximum Gasteiger partial charge on any atom is 0.263 e. The number of thiazole rings is 1. The zero-order chi connectivity index (χ0) is 17.2. The Morgan fingerprint density at radius 1 is 1.32 bits per heavy atom. The van der Waals surface area contributed by atoms with Crippen LogP contribution in [0.25, 0.3) is 0 Å². The van der Waals surface area contributed by atoms with Gasteiger partial charge in [0, 0.05) is 18.5 Å². The van der Waals surface area contributed by atoms with Gasteiger partial charge in [-0.05, 0) is 43.9 Å². The van der Waals surface area contributed by atoms with Gasteiger partial charge in [0.25, 0.3) is 5.91 Å². The van der Waals surface area contributed by atoms with E-state index in [0.29, 0.717) is 12.5 Å². The molecule has 1 unspecified atom stereocenters. The Balaban J connectivity index is 1.43. The van der Waals surface area contributed by atoms with Crippen LogP contribution in [-0.4, -0.2) is 24.0 Å². The van der Waals surface area contributed by atoms with Gasteiger partial charge in [0.2, 0.25) is 0 Å². The molecule has 5 heteroatoms. The quantitative estimate of drug-likeness (QED) is 0.879. The van der Waals surface area contributed by atoms with Crippen molar-refractivity contribution in [3.63, 3.8) is 0 Å². The van der Waals surface area contributed by atoms with Crippen LogP contribution in [0.5, 0.6) is 0 Å². The van der Waals surface area contributed by atoms with Gasteiger partial charge in [-0.15, -0.1) is 11.3 Å². The highest BCUT2D eigenvalue weighted by Crippen LogP contribution is 2.37. The Kier molecular flexibility index (Phi) is 4.86. The van der Waals surface area contributed by atoms with E-state index in [1.807, 2.05) is 6.92 Å². The predicted molar refractivity (Wildman–Crippen MR) is 101 cm³/mol. The molecule has 1 atom stereocenters. The van der Waals surface area contributed by atoms with Crippen molar-refractivity contribution in [3.8, 4) is 0 Å². The second-order valence-corrected chi connectivity index (χ2v) is 8.14. The summed E-state index contributed by atoms with van der Waals surface area (Å²) in [5, 5.41) is 7.80. The van der Waals surface area contributed by atoms with E-state index in [1.165, 1.54) is 36.8 Å². The van der Waals surface area contributed by atoms with Crippen molar-refractivity contribution in [2.45, 2.75) is 51.0 Å². The van der Waals surface area contributed by atoms with Crippen LogP contribution in [0.1, 0.15) is 69.1 Å². The molecule has 4 rings (SSSR count). The van der Waals surface area contributed by atoms with Crippen LogP contribution < -0.4 is 10.6 Å². The molecule has 4 nitrogen and oxygen atoms in total. The molecule has 1 saturated carbocycles. The van der Waals surface area contributed by atoms with Crippen molar-refractivity contribution < 1.29 is 4.79 Å². The van der Waals surface area contributed by atoms with Crippen LogP contribution in [0.2, 0.25) is 0 Å². The predicted octanol–water partition coefficient (Wildman–Crippen LogP) is 3.73. The van der Waals surface area contributed by atoms with Crippen LogP contribution in [-0.2, 0) is 6.42 Å². The van der Waals surface area contributed by atoms with Gasteiger partial charge in [0.05, 0.1) is 10.7 Å². The Hall–Kier alpha value is -1.72. The molecule has 1 fully saturated rings. The minimum Gasteiger partial charge on any atom is -0.349 e. The molecule has 132 valence electrons. The van der Waals surface area contributed by atoms with E-state index in [2.05, 4.69) is 39.9 Å². The highest BCUT2D eigenvalue weighted by atomic mass is 32.1. The first-order valence-corrected chi connectivity index (χ1v) is 10.1. The monoisotopic (exact) mass is 355 g/mol. The second kappa shape index (κ2) is 7.26. The Morgan fingerprint density at radius 3 is 2.96 bits per heavy atom. The SMILES string of the molecule is Cc1nc(C2CCCC2)sc1C(=O)NCC1NCCc2ccccc21. The summed E-state index contributed by atoms with van der Waals surface area (Å²) >= 11 is 1.59. The van der Waals surface area contributed by atoms with Crippen molar-refractivity contribution in [2.24, 2.45) is 0 Å². The lowest BCUT2D eigenvalue weighted by atomic mass is 9.94. The minimum atomic E-state index is 0.0177. The Morgan fingerprint density at radius 2 is 2.12 bits per heavy atom. The summed E-state index contributed by atoms with van der Waals surface area (Å²) in [4.78, 5) is 18.1. The molecule has 0 radical (unpaired) electrons. The van der Waals surface area contributed by atoms with E-state index in [9.17, 15) is 4.79 Å². The molecule has 1 aliphatic heterocycles. The fraction of sp³-hybridized carbons (Fsp3) is 0.500.